The van der Waals surface area contributed by atoms with E-state index in [2.05, 4.69) is 30.5 Å². The molecule has 1 saturated heterocycles. The van der Waals surface area contributed by atoms with Crippen LogP contribution in [0.3, 0.4) is 0 Å². The zero-order chi connectivity index (χ0) is 23.8. The molecule has 3 aliphatic rings. The van der Waals surface area contributed by atoms with Crippen LogP contribution in [-0.2, 0) is 11.3 Å². The Hall–Kier alpha value is -2.95. The SMILES string of the molecule is COc1ccc2ncc3c(c2n1)[C@@H](CN1CC[C@@H](CNCc2ccc4c(n2)NC(=O)CS4)C1)CO3. The molecule has 3 aromatic heterocycles. The van der Waals surface area contributed by atoms with Crippen LogP contribution in [0.25, 0.3) is 11.0 Å². The molecule has 182 valence electrons. The van der Waals surface area contributed by atoms with E-state index in [-0.39, 0.29) is 11.8 Å². The van der Waals surface area contributed by atoms with Crippen molar-refractivity contribution < 1.29 is 14.3 Å². The minimum Gasteiger partial charge on any atom is -0.491 e. The highest BCUT2D eigenvalue weighted by Gasteiger charge is 2.32. The zero-order valence-corrected chi connectivity index (χ0v) is 20.4. The normalized spacial score (nSPS) is 21.5. The van der Waals surface area contributed by atoms with E-state index in [4.69, 9.17) is 9.47 Å². The number of nitrogens with one attached hydrogen (secondary N) is 2. The summed E-state index contributed by atoms with van der Waals surface area (Å²) < 4.78 is 11.3. The summed E-state index contributed by atoms with van der Waals surface area (Å²) in [6.45, 7) is 5.39. The third-order valence-electron chi connectivity index (χ3n) is 6.87. The average molecular weight is 493 g/mol. The first-order chi connectivity index (χ1) is 17.2. The van der Waals surface area contributed by atoms with Crippen LogP contribution in [0.2, 0.25) is 0 Å². The Morgan fingerprint density at radius 2 is 2.23 bits per heavy atom. The number of hydrogen-bond donors (Lipinski definition) is 2. The van der Waals surface area contributed by atoms with E-state index in [1.807, 2.05) is 30.5 Å². The van der Waals surface area contributed by atoms with E-state index in [0.29, 0.717) is 36.5 Å². The van der Waals surface area contributed by atoms with Crippen molar-refractivity contribution in [2.75, 3.05) is 51.0 Å². The second-order valence-corrected chi connectivity index (χ2v) is 10.3. The van der Waals surface area contributed by atoms with Crippen molar-refractivity contribution in [2.24, 2.45) is 5.92 Å². The van der Waals surface area contributed by atoms with Gasteiger partial charge in [-0.15, -0.1) is 11.8 Å². The van der Waals surface area contributed by atoms with Gasteiger partial charge in [-0.25, -0.2) is 9.97 Å². The van der Waals surface area contributed by atoms with Crippen LogP contribution < -0.4 is 20.1 Å². The molecule has 0 spiro atoms. The molecule has 2 N–H and O–H groups in total. The summed E-state index contributed by atoms with van der Waals surface area (Å²) in [5.41, 5.74) is 3.86. The first-order valence-corrected chi connectivity index (χ1v) is 13.0. The quantitative estimate of drug-likeness (QED) is 0.515. The smallest absolute Gasteiger partial charge is 0.235 e. The number of fused-ring (bicyclic) bond motifs is 4. The van der Waals surface area contributed by atoms with Gasteiger partial charge in [-0.2, -0.15) is 0 Å². The number of pyridine rings is 3. The van der Waals surface area contributed by atoms with Crippen LogP contribution in [0, 0.1) is 5.92 Å². The molecular weight excluding hydrogens is 464 g/mol. The summed E-state index contributed by atoms with van der Waals surface area (Å²) in [5, 5.41) is 6.43. The highest BCUT2D eigenvalue weighted by molar-refractivity contribution is 8.00. The number of hydrogen-bond acceptors (Lipinski definition) is 9. The molecule has 3 aliphatic heterocycles. The second-order valence-electron chi connectivity index (χ2n) is 9.30. The van der Waals surface area contributed by atoms with Crippen LogP contribution in [0.1, 0.15) is 23.6 Å². The maximum Gasteiger partial charge on any atom is 0.235 e. The highest BCUT2D eigenvalue weighted by Crippen LogP contribution is 2.39. The molecule has 6 rings (SSSR count). The van der Waals surface area contributed by atoms with Crippen molar-refractivity contribution in [1.29, 1.82) is 0 Å². The summed E-state index contributed by atoms with van der Waals surface area (Å²) in [6, 6.07) is 7.89. The van der Waals surface area contributed by atoms with Gasteiger partial charge in [0.2, 0.25) is 11.8 Å². The second kappa shape index (κ2) is 9.60. The number of amides is 1. The fourth-order valence-corrected chi connectivity index (χ4v) is 5.91. The summed E-state index contributed by atoms with van der Waals surface area (Å²) in [7, 11) is 1.63. The lowest BCUT2D eigenvalue weighted by atomic mass is 9.99. The topological polar surface area (TPSA) is 102 Å². The molecule has 0 aromatic carbocycles. The van der Waals surface area contributed by atoms with Gasteiger partial charge in [0.15, 0.2) is 0 Å². The molecule has 6 heterocycles. The van der Waals surface area contributed by atoms with Gasteiger partial charge in [-0.3, -0.25) is 9.78 Å². The van der Waals surface area contributed by atoms with Gasteiger partial charge < -0.3 is 25.0 Å². The van der Waals surface area contributed by atoms with E-state index in [1.54, 1.807) is 7.11 Å². The maximum atomic E-state index is 11.6. The fraction of sp³-hybridized carbons (Fsp3) is 0.440. The number of carbonyl (C=O) groups excluding carboxylic acids is 1. The molecule has 0 radical (unpaired) electrons. The Labute approximate surface area is 208 Å². The van der Waals surface area contributed by atoms with E-state index in [1.165, 1.54) is 18.2 Å². The van der Waals surface area contributed by atoms with Crippen molar-refractivity contribution in [1.82, 2.24) is 25.2 Å². The third-order valence-corrected chi connectivity index (χ3v) is 7.91. The molecule has 9 nitrogen and oxygen atoms in total. The van der Waals surface area contributed by atoms with Crippen molar-refractivity contribution in [3.8, 4) is 11.6 Å². The first kappa shape index (κ1) is 22.5. The summed E-state index contributed by atoms with van der Waals surface area (Å²) in [5.74, 6) is 3.47. The standard InChI is InChI=1S/C25H28N6O3S/c1-33-22-5-3-18-24(30-22)23-16(13-34-19(23)10-27-18)12-31-7-6-15(11-31)8-26-9-17-2-4-20-25(28-17)29-21(32)14-35-20/h2-5,10,15-16,26H,6-9,11-14H2,1H3,(H,28,29,32)/t15-,16-/m0/s1. The van der Waals surface area contributed by atoms with Crippen LogP contribution >= 0.6 is 11.8 Å². The van der Waals surface area contributed by atoms with Crippen molar-refractivity contribution >= 4 is 34.5 Å². The van der Waals surface area contributed by atoms with Crippen molar-refractivity contribution in [2.45, 2.75) is 23.8 Å². The third kappa shape index (κ3) is 4.65. The Kier molecular flexibility index (Phi) is 6.17. The van der Waals surface area contributed by atoms with E-state index < -0.39 is 0 Å². The number of rotatable bonds is 7. The Balaban J connectivity index is 1.04. The lowest BCUT2D eigenvalue weighted by Gasteiger charge is -2.20. The highest BCUT2D eigenvalue weighted by atomic mass is 32.2. The summed E-state index contributed by atoms with van der Waals surface area (Å²) in [6.07, 6.45) is 2.99. The van der Waals surface area contributed by atoms with Gasteiger partial charge in [0.05, 0.1) is 41.8 Å². The molecule has 0 saturated carbocycles. The van der Waals surface area contributed by atoms with Gasteiger partial charge in [0.1, 0.15) is 17.1 Å². The van der Waals surface area contributed by atoms with Gasteiger partial charge in [0.25, 0.3) is 0 Å². The lowest BCUT2D eigenvalue weighted by molar-refractivity contribution is -0.113. The molecule has 1 amide bonds. The number of methoxy groups -OCH3 is 1. The Morgan fingerprint density at radius 1 is 1.29 bits per heavy atom. The van der Waals surface area contributed by atoms with Gasteiger partial charge >= 0.3 is 0 Å². The van der Waals surface area contributed by atoms with Gasteiger partial charge in [-0.05, 0) is 43.6 Å². The number of aromatic nitrogens is 3. The monoisotopic (exact) mass is 492 g/mol. The van der Waals surface area contributed by atoms with Crippen molar-refractivity contribution in [3.05, 3.63) is 41.7 Å². The lowest BCUT2D eigenvalue weighted by Crippen LogP contribution is -2.30. The van der Waals surface area contributed by atoms with Crippen LogP contribution in [0.4, 0.5) is 5.82 Å². The molecule has 2 atom stereocenters. The van der Waals surface area contributed by atoms with Crippen LogP contribution in [-0.4, -0.2) is 71.4 Å². The maximum absolute atomic E-state index is 11.6. The molecule has 0 bridgehead atoms. The zero-order valence-electron chi connectivity index (χ0n) is 19.6. The Bertz CT molecular complexity index is 1270. The number of anilines is 1. The number of likely N-dealkylation sites (tertiary alicyclic amines) is 1. The van der Waals surface area contributed by atoms with Gasteiger partial charge in [-0.1, -0.05) is 0 Å². The average Bonchev–Trinajstić information content (AvgIpc) is 3.50. The number of thioether (sulfide) groups is 1. The minimum atomic E-state index is 0.0145. The van der Waals surface area contributed by atoms with E-state index >= 15 is 0 Å². The molecule has 10 heteroatoms. The number of nitrogens with zero attached hydrogens (tertiary/aromatic N) is 4. The summed E-state index contributed by atoms with van der Waals surface area (Å²) in [4.78, 5) is 29.0. The van der Waals surface area contributed by atoms with Gasteiger partial charge in [0, 0.05) is 37.2 Å². The molecule has 35 heavy (non-hydrogen) atoms. The predicted molar refractivity (Wildman–Crippen MR) is 134 cm³/mol. The predicted octanol–water partition coefficient (Wildman–Crippen LogP) is 2.67. The van der Waals surface area contributed by atoms with Crippen LogP contribution in [0.15, 0.2) is 35.4 Å². The molecule has 0 aliphatic carbocycles. The first-order valence-electron chi connectivity index (χ1n) is 12.0. The van der Waals surface area contributed by atoms with Crippen LogP contribution in [0.5, 0.6) is 11.6 Å². The van der Waals surface area contributed by atoms with Crippen molar-refractivity contribution in [3.63, 3.8) is 0 Å². The van der Waals surface area contributed by atoms with E-state index in [9.17, 15) is 4.79 Å². The largest absolute Gasteiger partial charge is 0.491 e. The molecule has 1 fully saturated rings. The number of carbonyl (C=O) groups is 1. The Morgan fingerprint density at radius 3 is 3.14 bits per heavy atom. The molecule has 0 unspecified atom stereocenters. The minimum absolute atomic E-state index is 0.0145. The number of ether oxygens (including phenoxy) is 2. The fourth-order valence-electron chi connectivity index (χ4n) is 5.16. The van der Waals surface area contributed by atoms with E-state index in [0.717, 1.165) is 59.1 Å². The molecule has 3 aromatic rings. The molecular formula is C25H28N6O3S. The summed E-state index contributed by atoms with van der Waals surface area (Å²) >= 11 is 1.54.